The number of hydrogen-bond donors (Lipinski definition) is 7. The Morgan fingerprint density at radius 3 is 1.57 bits per heavy atom. The number of rotatable bonds is 41. The molecule has 1 saturated heterocycles. The third kappa shape index (κ3) is 31.6. The Bertz CT molecular complexity index is 1330. The summed E-state index contributed by atoms with van der Waals surface area (Å²) in [6.07, 6.45) is 36.4. The lowest BCUT2D eigenvalue weighted by molar-refractivity contribution is -0.298. The van der Waals surface area contributed by atoms with Gasteiger partial charge in [0.15, 0.2) is 6.29 Å². The van der Waals surface area contributed by atoms with Gasteiger partial charge in [0, 0.05) is 0 Å². The topological polar surface area (TPSA) is 212 Å². The molecule has 0 aliphatic carbocycles. The van der Waals surface area contributed by atoms with Crippen LogP contribution in [0.5, 0.6) is 0 Å². The largest absolute Gasteiger partial charge is 0.397 e. The average Bonchev–Trinajstić information content (AvgIpc) is 3.25. The van der Waals surface area contributed by atoms with Crippen molar-refractivity contribution in [2.45, 2.75) is 243 Å². The van der Waals surface area contributed by atoms with E-state index in [1.165, 1.54) is 96.0 Å². The van der Waals surface area contributed by atoms with E-state index in [-0.39, 0.29) is 6.42 Å². The lowest BCUT2D eigenvalue weighted by atomic mass is 9.99. The molecule has 1 fully saturated rings. The van der Waals surface area contributed by atoms with E-state index in [9.17, 15) is 43.3 Å². The molecule has 1 heterocycles. The molecular formula is C49H89NO12S. The van der Waals surface area contributed by atoms with Crippen molar-refractivity contribution >= 4 is 16.3 Å². The Labute approximate surface area is 381 Å². The summed E-state index contributed by atoms with van der Waals surface area (Å²) in [7, 11) is -5.13. The Kier molecular flexibility index (Phi) is 36.7. The lowest BCUT2D eigenvalue weighted by Crippen LogP contribution is -2.61. The van der Waals surface area contributed by atoms with Crippen LogP contribution in [0.1, 0.15) is 194 Å². The van der Waals surface area contributed by atoms with Crippen molar-refractivity contribution in [3.05, 3.63) is 48.6 Å². The van der Waals surface area contributed by atoms with Crippen LogP contribution in [0.4, 0.5) is 0 Å². The molecule has 1 amide bonds. The predicted molar refractivity (Wildman–Crippen MR) is 251 cm³/mol. The van der Waals surface area contributed by atoms with Gasteiger partial charge in [-0.05, 0) is 64.2 Å². The summed E-state index contributed by atoms with van der Waals surface area (Å²) in [5.41, 5.74) is 0. The monoisotopic (exact) mass is 916 g/mol. The van der Waals surface area contributed by atoms with E-state index in [1.54, 1.807) is 6.08 Å². The summed E-state index contributed by atoms with van der Waals surface area (Å²) < 4.78 is 47.5. The van der Waals surface area contributed by atoms with Crippen molar-refractivity contribution in [3.8, 4) is 0 Å². The van der Waals surface area contributed by atoms with Gasteiger partial charge in [-0.1, -0.05) is 178 Å². The highest BCUT2D eigenvalue weighted by Crippen LogP contribution is 2.26. The molecule has 8 unspecified atom stereocenters. The summed E-state index contributed by atoms with van der Waals surface area (Å²) in [6.45, 7) is 3.14. The van der Waals surface area contributed by atoms with Gasteiger partial charge in [-0.15, -0.1) is 0 Å². The molecule has 0 aromatic rings. The highest BCUT2D eigenvalue weighted by Gasteiger charge is 2.48. The minimum atomic E-state index is -5.13. The fourth-order valence-corrected chi connectivity index (χ4v) is 7.98. The van der Waals surface area contributed by atoms with Crippen molar-refractivity contribution < 1.29 is 57.0 Å². The summed E-state index contributed by atoms with van der Waals surface area (Å²) in [5, 5.41) is 55.2. The minimum absolute atomic E-state index is 0.225. The lowest BCUT2D eigenvalue weighted by Gasteiger charge is -2.41. The molecule has 8 atom stereocenters. The quantitative estimate of drug-likeness (QED) is 0.0174. The summed E-state index contributed by atoms with van der Waals surface area (Å²) >= 11 is 0. The highest BCUT2D eigenvalue weighted by atomic mass is 32.3. The Balaban J connectivity index is 2.50. The fraction of sp³-hybridized carbons (Fsp3) is 0.816. The van der Waals surface area contributed by atoms with Crippen LogP contribution >= 0.6 is 0 Å². The molecule has 1 aliphatic rings. The molecule has 0 spiro atoms. The summed E-state index contributed by atoms with van der Waals surface area (Å²) in [6, 6.07) is -1.15. The van der Waals surface area contributed by atoms with Gasteiger partial charge >= 0.3 is 10.4 Å². The van der Waals surface area contributed by atoms with Crippen LogP contribution in [0.15, 0.2) is 48.6 Å². The Morgan fingerprint density at radius 1 is 0.635 bits per heavy atom. The number of nitrogens with one attached hydrogen (secondary N) is 1. The van der Waals surface area contributed by atoms with Crippen molar-refractivity contribution in [2.24, 2.45) is 0 Å². The average molecular weight is 916 g/mol. The number of aliphatic hydroxyl groups is 5. The third-order valence-corrected chi connectivity index (χ3v) is 11.9. The SMILES string of the molecule is CCCC/C=C/CC/C=C/CC/C=C/C(O)C(COC1OC(CO)C(O)C(OS(=O)(=O)O)C1O)NC(=O)C(O)CCCCCCCC/C=C\CCCCCCCCCCCCCC. The van der Waals surface area contributed by atoms with Crippen LogP contribution in [0.3, 0.4) is 0 Å². The first-order valence-corrected chi connectivity index (χ1v) is 26.0. The van der Waals surface area contributed by atoms with Gasteiger partial charge in [-0.25, -0.2) is 4.18 Å². The maximum atomic E-state index is 13.1. The zero-order valence-electron chi connectivity index (χ0n) is 39.0. The zero-order valence-corrected chi connectivity index (χ0v) is 39.8. The number of carbonyl (C=O) groups is 1. The standard InChI is InChI=1S/C49H89NO12S/c1-3-5-7-9-11-13-15-17-18-19-20-21-22-23-24-25-26-28-30-32-34-36-38-43(53)48(56)50-41(42(52)37-35-33-31-29-27-16-14-12-10-8-6-4-2)40-60-49-46(55)47(62-63(57,58)59)45(54)44(39-51)61-49/h10,12,23-24,27,29,35,37,41-47,49,51-55H,3-9,11,13-22,25-26,28,30-34,36,38-40H2,1-2H3,(H,50,56)(H,57,58,59)/b12-10+,24-23-,29-27+,37-35+. The molecule has 1 aliphatic heterocycles. The first-order valence-electron chi connectivity index (χ1n) is 24.6. The molecule has 63 heavy (non-hydrogen) atoms. The second kappa shape index (κ2) is 39.2. The van der Waals surface area contributed by atoms with Gasteiger partial charge < -0.3 is 40.3 Å². The van der Waals surface area contributed by atoms with Gasteiger partial charge in [-0.2, -0.15) is 8.42 Å². The molecule has 0 radical (unpaired) electrons. The van der Waals surface area contributed by atoms with Gasteiger partial charge in [0.2, 0.25) is 5.91 Å². The maximum absolute atomic E-state index is 13.1. The van der Waals surface area contributed by atoms with Crippen LogP contribution in [0.25, 0.3) is 0 Å². The van der Waals surface area contributed by atoms with E-state index in [4.69, 9.17) is 9.47 Å². The molecule has 13 nitrogen and oxygen atoms in total. The first-order chi connectivity index (χ1) is 30.4. The summed E-state index contributed by atoms with van der Waals surface area (Å²) in [5.74, 6) is -0.723. The van der Waals surface area contributed by atoms with Crippen LogP contribution in [-0.2, 0) is 28.9 Å². The van der Waals surface area contributed by atoms with Crippen LogP contribution in [0, 0.1) is 0 Å². The maximum Gasteiger partial charge on any atom is 0.397 e. The number of ether oxygens (including phenoxy) is 2. The third-order valence-electron chi connectivity index (χ3n) is 11.4. The van der Waals surface area contributed by atoms with Crippen molar-refractivity contribution in [3.63, 3.8) is 0 Å². The zero-order chi connectivity index (χ0) is 46.4. The molecule has 1 rings (SSSR count). The molecule has 0 aromatic carbocycles. The van der Waals surface area contributed by atoms with E-state index in [0.717, 1.165) is 70.6 Å². The van der Waals surface area contributed by atoms with Crippen LogP contribution in [0.2, 0.25) is 0 Å². The number of aliphatic hydroxyl groups excluding tert-OH is 5. The first kappa shape index (κ1) is 59.0. The van der Waals surface area contributed by atoms with E-state index in [0.29, 0.717) is 12.8 Å². The van der Waals surface area contributed by atoms with E-state index in [2.05, 4.69) is 59.8 Å². The predicted octanol–water partition coefficient (Wildman–Crippen LogP) is 9.02. The highest BCUT2D eigenvalue weighted by molar-refractivity contribution is 7.80. The second-order valence-electron chi connectivity index (χ2n) is 17.2. The number of allylic oxidation sites excluding steroid dienone is 7. The second-order valence-corrected chi connectivity index (χ2v) is 18.2. The van der Waals surface area contributed by atoms with Crippen molar-refractivity contribution in [2.75, 3.05) is 13.2 Å². The number of amides is 1. The number of hydrogen-bond acceptors (Lipinski definition) is 11. The van der Waals surface area contributed by atoms with Crippen LogP contribution < -0.4 is 5.32 Å². The number of carbonyl (C=O) groups excluding carboxylic acids is 1. The van der Waals surface area contributed by atoms with Crippen LogP contribution in [-0.4, -0.2) is 107 Å². The van der Waals surface area contributed by atoms with Gasteiger partial charge in [0.1, 0.15) is 30.5 Å². The Hall–Kier alpha value is -1.98. The Morgan fingerprint density at radius 2 is 1.08 bits per heavy atom. The van der Waals surface area contributed by atoms with Gasteiger partial charge in [-0.3, -0.25) is 9.35 Å². The van der Waals surface area contributed by atoms with Gasteiger partial charge in [0.25, 0.3) is 0 Å². The van der Waals surface area contributed by atoms with Gasteiger partial charge in [0.05, 0.1) is 25.4 Å². The normalized spacial score (nSPS) is 21.3. The van der Waals surface area contributed by atoms with Crippen molar-refractivity contribution in [1.82, 2.24) is 5.32 Å². The molecule has 0 saturated carbocycles. The van der Waals surface area contributed by atoms with E-state index >= 15 is 0 Å². The molecule has 7 N–H and O–H groups in total. The van der Waals surface area contributed by atoms with Crippen molar-refractivity contribution in [1.29, 1.82) is 0 Å². The van der Waals surface area contributed by atoms with E-state index in [1.807, 2.05) is 0 Å². The molecule has 0 aromatic heterocycles. The molecule has 368 valence electrons. The fourth-order valence-electron chi connectivity index (χ4n) is 7.47. The number of unbranched alkanes of at least 4 members (excludes halogenated alkanes) is 22. The molecule has 14 heteroatoms. The summed E-state index contributed by atoms with van der Waals surface area (Å²) in [4.78, 5) is 13.1. The molecule has 0 bridgehead atoms. The van der Waals surface area contributed by atoms with E-state index < -0.39 is 78.5 Å². The molecular weight excluding hydrogens is 827 g/mol. The minimum Gasteiger partial charge on any atom is -0.394 e. The smallest absolute Gasteiger partial charge is 0.394 e.